The van der Waals surface area contributed by atoms with Crippen LogP contribution in [-0.2, 0) is 11.3 Å². The van der Waals surface area contributed by atoms with E-state index in [0.717, 1.165) is 56.6 Å². The summed E-state index contributed by atoms with van der Waals surface area (Å²) in [6.07, 6.45) is 6.81. The number of hydrogen-bond acceptors (Lipinski definition) is 4. The van der Waals surface area contributed by atoms with Crippen LogP contribution in [-0.4, -0.2) is 28.1 Å². The van der Waals surface area contributed by atoms with Gasteiger partial charge in [0.2, 0.25) is 5.91 Å². The Morgan fingerprint density at radius 3 is 2.78 bits per heavy atom. The molecule has 2 aromatic rings. The second kappa shape index (κ2) is 7.42. The topological polar surface area (TPSA) is 88.1 Å². The summed E-state index contributed by atoms with van der Waals surface area (Å²) < 4.78 is 1.86. The largest absolute Gasteiger partial charge is 0.368 e. The fraction of sp³-hybridized carbons (Fsp3) is 0.450. The molecule has 1 aliphatic carbocycles. The van der Waals surface area contributed by atoms with Gasteiger partial charge in [-0.05, 0) is 43.9 Å². The lowest BCUT2D eigenvalue weighted by molar-refractivity contribution is -0.119. The van der Waals surface area contributed by atoms with Gasteiger partial charge in [-0.3, -0.25) is 9.59 Å². The zero-order chi connectivity index (χ0) is 18.8. The molecule has 3 N–H and O–H groups in total. The van der Waals surface area contributed by atoms with Crippen LogP contribution < -0.4 is 16.0 Å². The van der Waals surface area contributed by atoms with Gasteiger partial charge >= 0.3 is 0 Å². The van der Waals surface area contributed by atoms with Gasteiger partial charge in [0.05, 0.1) is 6.20 Å². The van der Waals surface area contributed by atoms with Crippen LogP contribution in [0.1, 0.15) is 48.0 Å². The number of fused-ring (bicyclic) bond motifs is 1. The van der Waals surface area contributed by atoms with Crippen LogP contribution in [0.15, 0.2) is 24.4 Å². The first kappa shape index (κ1) is 17.6. The molecule has 0 unspecified atom stereocenters. The van der Waals surface area contributed by atoms with Crippen molar-refractivity contribution in [3.05, 3.63) is 35.5 Å². The number of nitrogens with zero attached hydrogens (tertiary/aromatic N) is 2. The van der Waals surface area contributed by atoms with E-state index in [1.165, 1.54) is 0 Å². The third-order valence-corrected chi connectivity index (χ3v) is 5.41. The Morgan fingerprint density at radius 1 is 1.15 bits per heavy atom. The van der Waals surface area contributed by atoms with E-state index < -0.39 is 0 Å². The number of anilines is 3. The molecule has 0 atom stereocenters. The molecule has 7 heteroatoms. The van der Waals surface area contributed by atoms with E-state index in [9.17, 15) is 9.59 Å². The third-order valence-electron chi connectivity index (χ3n) is 5.41. The number of aromatic nitrogens is 2. The lowest BCUT2D eigenvalue weighted by atomic mass is 10.1. The predicted octanol–water partition coefficient (Wildman–Crippen LogP) is 3.39. The van der Waals surface area contributed by atoms with Gasteiger partial charge in [0.1, 0.15) is 11.5 Å². The van der Waals surface area contributed by atoms with Crippen molar-refractivity contribution >= 4 is 29.0 Å². The number of hydrogen-bond donors (Lipinski definition) is 3. The first-order valence-corrected chi connectivity index (χ1v) is 9.64. The maximum atomic E-state index is 12.7. The first-order chi connectivity index (χ1) is 13.1. The minimum Gasteiger partial charge on any atom is -0.368 e. The third kappa shape index (κ3) is 3.67. The maximum absolute atomic E-state index is 12.7. The summed E-state index contributed by atoms with van der Waals surface area (Å²) in [6, 6.07) is 5.39. The van der Waals surface area contributed by atoms with Crippen molar-refractivity contribution in [1.82, 2.24) is 9.78 Å². The van der Waals surface area contributed by atoms with Crippen LogP contribution in [0.2, 0.25) is 0 Å². The van der Waals surface area contributed by atoms with Crippen LogP contribution in [0.25, 0.3) is 0 Å². The molecule has 1 aliphatic heterocycles. The Hall–Kier alpha value is -2.83. The molecule has 1 aromatic carbocycles. The van der Waals surface area contributed by atoms with Gasteiger partial charge in [0.25, 0.3) is 5.91 Å². The Balaban J connectivity index is 1.49. The second-order valence-corrected chi connectivity index (χ2v) is 7.36. The molecule has 0 bridgehead atoms. The fourth-order valence-electron chi connectivity index (χ4n) is 3.78. The average Bonchev–Trinajstić information content (AvgIpc) is 3.34. The quantitative estimate of drug-likeness (QED) is 0.773. The zero-order valence-electron chi connectivity index (χ0n) is 15.5. The molecule has 0 spiro atoms. The normalized spacial score (nSPS) is 16.5. The molecule has 27 heavy (non-hydrogen) atoms. The minimum absolute atomic E-state index is 0.0584. The van der Waals surface area contributed by atoms with Crippen LogP contribution in [0, 0.1) is 12.8 Å². The van der Waals surface area contributed by atoms with Crippen LogP contribution in [0.3, 0.4) is 0 Å². The molecule has 4 rings (SSSR count). The van der Waals surface area contributed by atoms with Crippen LogP contribution in [0.4, 0.5) is 17.2 Å². The van der Waals surface area contributed by atoms with Gasteiger partial charge < -0.3 is 16.0 Å². The molecule has 0 saturated heterocycles. The Kier molecular flexibility index (Phi) is 4.83. The van der Waals surface area contributed by atoms with Gasteiger partial charge in [-0.2, -0.15) is 5.10 Å². The summed E-state index contributed by atoms with van der Waals surface area (Å²) >= 11 is 0. The molecular weight excluding hydrogens is 342 g/mol. The first-order valence-electron chi connectivity index (χ1n) is 9.64. The van der Waals surface area contributed by atoms with E-state index in [2.05, 4.69) is 21.0 Å². The van der Waals surface area contributed by atoms with Crippen molar-refractivity contribution in [3.63, 3.8) is 0 Å². The van der Waals surface area contributed by atoms with Crippen LogP contribution in [0.5, 0.6) is 0 Å². The highest BCUT2D eigenvalue weighted by Crippen LogP contribution is 2.28. The monoisotopic (exact) mass is 367 g/mol. The standard InChI is InChI=1S/C20H25N5O2/c1-13-7-8-15(11-16(13)23-19(26)14-5-2-3-6-14)20(27)24-17-12-22-25-10-4-9-21-18(17)25/h7-8,11-12,14,21H,2-6,9-10H2,1H3,(H,23,26)(H,24,27). The number of nitrogens with one attached hydrogen (secondary N) is 3. The molecule has 1 fully saturated rings. The lowest BCUT2D eigenvalue weighted by Crippen LogP contribution is -2.21. The molecule has 2 amide bonds. The van der Waals surface area contributed by atoms with Crippen molar-refractivity contribution in [1.29, 1.82) is 0 Å². The zero-order valence-corrected chi connectivity index (χ0v) is 15.5. The average molecular weight is 367 g/mol. The van der Waals surface area contributed by atoms with Crippen LogP contribution >= 0.6 is 0 Å². The highest BCUT2D eigenvalue weighted by Gasteiger charge is 2.23. The minimum atomic E-state index is -0.213. The van der Waals surface area contributed by atoms with Gasteiger partial charge in [-0.15, -0.1) is 0 Å². The fourth-order valence-corrected chi connectivity index (χ4v) is 3.78. The van der Waals surface area contributed by atoms with E-state index in [4.69, 9.17) is 0 Å². The molecule has 1 aromatic heterocycles. The Bertz CT molecular complexity index is 867. The molecule has 1 saturated carbocycles. The SMILES string of the molecule is Cc1ccc(C(=O)Nc2cnn3c2NCCC3)cc1NC(=O)C1CCCC1. The van der Waals surface area contributed by atoms with Crippen molar-refractivity contribution in [3.8, 4) is 0 Å². The number of amides is 2. The van der Waals surface area contributed by atoms with E-state index in [-0.39, 0.29) is 17.7 Å². The predicted molar refractivity (Wildman–Crippen MR) is 105 cm³/mol. The summed E-state index contributed by atoms with van der Waals surface area (Å²) in [5.74, 6) is 0.779. The van der Waals surface area contributed by atoms with E-state index in [1.54, 1.807) is 18.3 Å². The molecular formula is C20H25N5O2. The molecule has 142 valence electrons. The summed E-state index contributed by atoms with van der Waals surface area (Å²) in [5, 5.41) is 13.5. The number of carbonyl (C=O) groups excluding carboxylic acids is 2. The smallest absolute Gasteiger partial charge is 0.255 e. The van der Waals surface area contributed by atoms with E-state index in [0.29, 0.717) is 16.9 Å². The molecule has 2 aliphatic rings. The van der Waals surface area contributed by atoms with Gasteiger partial charge in [0.15, 0.2) is 0 Å². The van der Waals surface area contributed by atoms with Crippen molar-refractivity contribution in [2.24, 2.45) is 5.92 Å². The number of carbonyl (C=O) groups is 2. The highest BCUT2D eigenvalue weighted by molar-refractivity contribution is 6.06. The maximum Gasteiger partial charge on any atom is 0.255 e. The summed E-state index contributed by atoms with van der Waals surface area (Å²) in [6.45, 7) is 3.65. The highest BCUT2D eigenvalue weighted by atomic mass is 16.2. The van der Waals surface area contributed by atoms with Crippen molar-refractivity contribution in [2.45, 2.75) is 45.6 Å². The molecule has 0 radical (unpaired) electrons. The van der Waals surface area contributed by atoms with Gasteiger partial charge in [0, 0.05) is 30.3 Å². The van der Waals surface area contributed by atoms with Crippen molar-refractivity contribution in [2.75, 3.05) is 22.5 Å². The van der Waals surface area contributed by atoms with Gasteiger partial charge in [-0.1, -0.05) is 18.9 Å². The second-order valence-electron chi connectivity index (χ2n) is 7.36. The Morgan fingerprint density at radius 2 is 1.96 bits per heavy atom. The Labute approximate surface area is 158 Å². The number of benzene rings is 1. The summed E-state index contributed by atoms with van der Waals surface area (Å²) in [7, 11) is 0. The summed E-state index contributed by atoms with van der Waals surface area (Å²) in [5.41, 5.74) is 2.84. The van der Waals surface area contributed by atoms with E-state index >= 15 is 0 Å². The lowest BCUT2D eigenvalue weighted by Gasteiger charge is -2.17. The summed E-state index contributed by atoms with van der Waals surface area (Å²) in [4.78, 5) is 25.1. The number of aryl methyl sites for hydroxylation is 2. The molecule has 2 heterocycles. The number of rotatable bonds is 4. The van der Waals surface area contributed by atoms with Crippen molar-refractivity contribution < 1.29 is 9.59 Å². The van der Waals surface area contributed by atoms with Gasteiger partial charge in [-0.25, -0.2) is 4.68 Å². The van der Waals surface area contributed by atoms with E-state index in [1.807, 2.05) is 17.7 Å². The molecule has 7 nitrogen and oxygen atoms in total.